The van der Waals surface area contributed by atoms with Gasteiger partial charge >= 0.3 is 5.97 Å². The van der Waals surface area contributed by atoms with Crippen molar-refractivity contribution in [3.8, 4) is 11.1 Å². The molecule has 1 aliphatic carbocycles. The average Bonchev–Trinajstić information content (AvgIpc) is 3.01. The number of hydrogen-bond acceptors (Lipinski definition) is 8. The minimum atomic E-state index is -3.44. The fourth-order valence-corrected chi connectivity index (χ4v) is 7.97. The molecule has 0 bridgehead atoms. The van der Waals surface area contributed by atoms with Crippen LogP contribution >= 0.6 is 0 Å². The van der Waals surface area contributed by atoms with E-state index in [4.69, 9.17) is 4.74 Å². The maximum atomic E-state index is 13.6. The first-order valence-electron chi connectivity index (χ1n) is 15.7. The largest absolute Gasteiger partial charge is 0.480 e. The van der Waals surface area contributed by atoms with Crippen molar-refractivity contribution in [3.05, 3.63) is 59.2 Å². The van der Waals surface area contributed by atoms with Crippen molar-refractivity contribution in [2.75, 3.05) is 36.6 Å². The lowest BCUT2D eigenvalue weighted by Gasteiger charge is -2.32. The molecular formula is C33H44N2O9S2. The highest BCUT2D eigenvalue weighted by molar-refractivity contribution is 7.91. The fraction of sp³-hybridized carbons (Fsp3) is 0.545. The Bertz CT molecular complexity index is 1620. The third-order valence-electron chi connectivity index (χ3n) is 8.80. The predicted molar refractivity (Wildman–Crippen MR) is 175 cm³/mol. The second-order valence-electron chi connectivity index (χ2n) is 12.5. The van der Waals surface area contributed by atoms with Gasteiger partial charge in [-0.25, -0.2) is 21.6 Å². The molecule has 2 aliphatic rings. The van der Waals surface area contributed by atoms with Crippen LogP contribution in [0.25, 0.3) is 11.1 Å². The molecule has 13 heteroatoms. The van der Waals surface area contributed by atoms with Gasteiger partial charge in [0.25, 0.3) is 11.8 Å². The van der Waals surface area contributed by atoms with Gasteiger partial charge in [0.15, 0.2) is 9.84 Å². The van der Waals surface area contributed by atoms with Crippen molar-refractivity contribution in [2.24, 2.45) is 5.92 Å². The zero-order valence-electron chi connectivity index (χ0n) is 26.4. The average molecular weight is 677 g/mol. The van der Waals surface area contributed by atoms with Crippen LogP contribution in [0.2, 0.25) is 0 Å². The maximum Gasteiger partial charge on any atom is 0.326 e. The summed E-state index contributed by atoms with van der Waals surface area (Å²) in [7, 11) is -6.59. The number of amides is 2. The molecule has 1 aliphatic heterocycles. The van der Waals surface area contributed by atoms with E-state index in [9.17, 15) is 36.3 Å². The summed E-state index contributed by atoms with van der Waals surface area (Å²) in [6.07, 6.45) is 5.97. The van der Waals surface area contributed by atoms with Gasteiger partial charge in [0.2, 0.25) is 0 Å². The number of aryl methyl sites for hydroxylation is 1. The number of aliphatic carboxylic acids is 1. The van der Waals surface area contributed by atoms with Crippen LogP contribution in [0.1, 0.15) is 66.4 Å². The molecule has 46 heavy (non-hydrogen) atoms. The van der Waals surface area contributed by atoms with Gasteiger partial charge < -0.3 is 20.1 Å². The minimum Gasteiger partial charge on any atom is -0.480 e. The molecule has 2 amide bonds. The van der Waals surface area contributed by atoms with Gasteiger partial charge in [-0.05, 0) is 60.1 Å². The number of nitrogens with zero attached hydrogens (tertiary/aromatic N) is 1. The summed E-state index contributed by atoms with van der Waals surface area (Å²) in [6, 6.07) is 11.1. The monoisotopic (exact) mass is 676 g/mol. The van der Waals surface area contributed by atoms with Crippen LogP contribution in [0.5, 0.6) is 0 Å². The molecule has 1 saturated heterocycles. The molecule has 252 valence electrons. The third-order valence-corrected chi connectivity index (χ3v) is 11.4. The molecule has 1 unspecified atom stereocenters. The predicted octanol–water partition coefficient (Wildman–Crippen LogP) is 3.39. The molecule has 2 N–H and O–H groups in total. The third kappa shape index (κ3) is 10.1. The first-order chi connectivity index (χ1) is 21.7. The topological polar surface area (TPSA) is 164 Å². The number of carboxylic acid groups (broad SMARTS) is 1. The van der Waals surface area contributed by atoms with Gasteiger partial charge in [-0.1, -0.05) is 62.4 Å². The second-order valence-corrected chi connectivity index (χ2v) is 17.1. The number of sulfone groups is 2. The number of carbonyl (C=O) groups is 3. The summed E-state index contributed by atoms with van der Waals surface area (Å²) in [5, 5.41) is 12.1. The highest BCUT2D eigenvalue weighted by Crippen LogP contribution is 2.31. The number of carbonyl (C=O) groups excluding carboxylic acids is 2. The number of rotatable bonds is 13. The molecule has 11 nitrogen and oxygen atoms in total. The Hall–Kier alpha value is -3.29. The van der Waals surface area contributed by atoms with E-state index in [1.54, 1.807) is 23.1 Å². The van der Waals surface area contributed by atoms with E-state index >= 15 is 0 Å². The molecule has 2 aromatic rings. The Morgan fingerprint density at radius 1 is 1.02 bits per heavy atom. The van der Waals surface area contributed by atoms with Gasteiger partial charge in [0, 0.05) is 24.9 Å². The Morgan fingerprint density at radius 3 is 2.33 bits per heavy atom. The standard InChI is InChI=1S/C33H44N2O9S2/c1-23-8-6-7-11-26(23)28-20-25(12-13-27(28)31(36)34-29(33(38)39)14-17-45(2,40)41)22-44-30(21-24-9-4-3-5-10-24)32(37)35-15-18-46(42,43)19-16-35/h6-8,11-13,20,24,29-30H,3-5,9-10,14-19,21-22H2,1-2H3,(H,34,36)(H,38,39)/t29-,30?/m0/s1. The number of carboxylic acids is 1. The summed E-state index contributed by atoms with van der Waals surface area (Å²) in [5.41, 5.74) is 3.09. The molecule has 4 rings (SSSR count). The molecule has 2 atom stereocenters. The highest BCUT2D eigenvalue weighted by atomic mass is 32.2. The lowest BCUT2D eigenvalue weighted by molar-refractivity contribution is -0.146. The van der Waals surface area contributed by atoms with Crippen LogP contribution < -0.4 is 5.32 Å². The normalized spacial score (nSPS) is 18.4. The minimum absolute atomic E-state index is 0.0603. The number of nitrogens with one attached hydrogen (secondary N) is 1. The van der Waals surface area contributed by atoms with Crippen molar-refractivity contribution >= 4 is 37.5 Å². The maximum absolute atomic E-state index is 13.6. The van der Waals surface area contributed by atoms with Crippen LogP contribution in [-0.4, -0.2) is 93.4 Å². The lowest BCUT2D eigenvalue weighted by atomic mass is 9.85. The first-order valence-corrected chi connectivity index (χ1v) is 19.6. The molecule has 0 radical (unpaired) electrons. The zero-order chi connectivity index (χ0) is 33.5. The van der Waals surface area contributed by atoms with E-state index in [2.05, 4.69) is 5.32 Å². The van der Waals surface area contributed by atoms with E-state index in [0.29, 0.717) is 23.5 Å². The van der Waals surface area contributed by atoms with Crippen molar-refractivity contribution in [3.63, 3.8) is 0 Å². The summed E-state index contributed by atoms with van der Waals surface area (Å²) in [4.78, 5) is 40.5. The van der Waals surface area contributed by atoms with Crippen molar-refractivity contribution in [1.29, 1.82) is 0 Å². The summed E-state index contributed by atoms with van der Waals surface area (Å²) < 4.78 is 53.5. The fourth-order valence-electron chi connectivity index (χ4n) is 6.10. The van der Waals surface area contributed by atoms with E-state index in [-0.39, 0.29) is 54.8 Å². The van der Waals surface area contributed by atoms with Crippen molar-refractivity contribution in [2.45, 2.75) is 70.6 Å². The van der Waals surface area contributed by atoms with Gasteiger partial charge in [-0.2, -0.15) is 0 Å². The Morgan fingerprint density at radius 2 is 1.70 bits per heavy atom. The quantitative estimate of drug-likeness (QED) is 0.324. The molecule has 2 fully saturated rings. The van der Waals surface area contributed by atoms with Crippen molar-refractivity contribution < 1.29 is 41.1 Å². The Balaban J connectivity index is 1.58. The Labute approximate surface area is 271 Å². The highest BCUT2D eigenvalue weighted by Gasteiger charge is 2.32. The van der Waals surface area contributed by atoms with Gasteiger partial charge in [0.05, 0.1) is 23.9 Å². The number of hydrogen-bond donors (Lipinski definition) is 2. The molecular weight excluding hydrogens is 633 g/mol. The first kappa shape index (κ1) is 35.6. The molecule has 1 saturated carbocycles. The van der Waals surface area contributed by atoms with Crippen LogP contribution in [-0.2, 0) is 40.6 Å². The number of ether oxygens (including phenoxy) is 1. The van der Waals surface area contributed by atoms with E-state index in [0.717, 1.165) is 43.1 Å². The zero-order valence-corrected chi connectivity index (χ0v) is 28.1. The smallest absolute Gasteiger partial charge is 0.326 e. The Kier molecular flexibility index (Phi) is 12.0. The van der Waals surface area contributed by atoms with E-state index in [1.807, 2.05) is 31.2 Å². The summed E-state index contributed by atoms with van der Waals surface area (Å²) >= 11 is 0. The number of benzene rings is 2. The molecule has 0 aromatic heterocycles. The summed E-state index contributed by atoms with van der Waals surface area (Å²) in [6.45, 7) is 2.26. The summed E-state index contributed by atoms with van der Waals surface area (Å²) in [5.74, 6) is -2.36. The molecule has 1 heterocycles. The van der Waals surface area contributed by atoms with Gasteiger partial charge in [0.1, 0.15) is 22.0 Å². The van der Waals surface area contributed by atoms with Crippen LogP contribution in [0.4, 0.5) is 0 Å². The van der Waals surface area contributed by atoms with Gasteiger partial charge in [-0.3, -0.25) is 9.59 Å². The van der Waals surface area contributed by atoms with Crippen LogP contribution in [0.3, 0.4) is 0 Å². The second kappa shape index (κ2) is 15.5. The molecule has 0 spiro atoms. The SMILES string of the molecule is Cc1ccccc1-c1cc(COC(CC2CCCCC2)C(=O)N2CCS(=O)(=O)CC2)ccc1C(=O)N[C@@H](CCS(C)(=O)=O)C(=O)O. The van der Waals surface area contributed by atoms with E-state index < -0.39 is 43.7 Å². The molecule has 2 aromatic carbocycles. The van der Waals surface area contributed by atoms with E-state index in [1.165, 1.54) is 6.42 Å². The van der Waals surface area contributed by atoms with Crippen LogP contribution in [0.15, 0.2) is 42.5 Å². The van der Waals surface area contributed by atoms with Gasteiger partial charge in [-0.15, -0.1) is 0 Å². The lowest BCUT2D eigenvalue weighted by Crippen LogP contribution is -2.48. The van der Waals surface area contributed by atoms with Crippen LogP contribution in [0, 0.1) is 12.8 Å². The van der Waals surface area contributed by atoms with Crippen molar-refractivity contribution in [1.82, 2.24) is 10.2 Å².